The van der Waals surface area contributed by atoms with Crippen LogP contribution >= 0.6 is 23.4 Å². The van der Waals surface area contributed by atoms with Gasteiger partial charge in [-0.25, -0.2) is 0 Å². The number of rotatable bonds is 2. The number of carbonyl (C=O) groups excluding carboxylic acids is 2. The van der Waals surface area contributed by atoms with Crippen LogP contribution in [-0.4, -0.2) is 41.3 Å². The van der Waals surface area contributed by atoms with Gasteiger partial charge in [-0.2, -0.15) is 11.8 Å². The van der Waals surface area contributed by atoms with Crippen LogP contribution in [-0.2, 0) is 9.59 Å². The molecule has 0 spiro atoms. The topological polar surface area (TPSA) is 49.4 Å². The summed E-state index contributed by atoms with van der Waals surface area (Å²) in [6, 6.07) is 5.43. The van der Waals surface area contributed by atoms with Gasteiger partial charge in [0.15, 0.2) is 0 Å². The summed E-state index contributed by atoms with van der Waals surface area (Å²) in [4.78, 5) is 25.6. The summed E-state index contributed by atoms with van der Waals surface area (Å²) in [5.74, 6) is 0.762. The molecule has 1 fully saturated rings. The van der Waals surface area contributed by atoms with Gasteiger partial charge in [0.05, 0.1) is 10.7 Å². The van der Waals surface area contributed by atoms with E-state index in [1.54, 1.807) is 30.9 Å². The van der Waals surface area contributed by atoms with Crippen molar-refractivity contribution in [3.63, 3.8) is 0 Å². The van der Waals surface area contributed by atoms with Gasteiger partial charge in [0.1, 0.15) is 0 Å². The molecular weight excluding hydrogens is 296 g/mol. The van der Waals surface area contributed by atoms with Crippen molar-refractivity contribution in [2.24, 2.45) is 0 Å². The first-order chi connectivity index (χ1) is 9.49. The monoisotopic (exact) mass is 312 g/mol. The number of carbonyl (C=O) groups is 2. The molecule has 1 N–H and O–H groups in total. The van der Waals surface area contributed by atoms with E-state index < -0.39 is 11.8 Å². The van der Waals surface area contributed by atoms with Gasteiger partial charge in [0.2, 0.25) is 0 Å². The van der Waals surface area contributed by atoms with E-state index >= 15 is 0 Å². The molecule has 2 amide bonds. The molecule has 1 aliphatic rings. The lowest BCUT2D eigenvalue weighted by Crippen LogP contribution is -2.43. The summed E-state index contributed by atoms with van der Waals surface area (Å²) < 4.78 is 0. The highest BCUT2D eigenvalue weighted by Gasteiger charge is 2.28. The van der Waals surface area contributed by atoms with Crippen molar-refractivity contribution in [3.05, 3.63) is 28.8 Å². The Morgan fingerprint density at radius 3 is 2.80 bits per heavy atom. The molecule has 0 bridgehead atoms. The molecule has 1 aromatic carbocycles. The molecule has 2 rings (SSSR count). The highest BCUT2D eigenvalue weighted by atomic mass is 35.5. The fraction of sp³-hybridized carbons (Fsp3) is 0.429. The minimum Gasteiger partial charge on any atom is -0.334 e. The van der Waals surface area contributed by atoms with Crippen LogP contribution in [0.1, 0.15) is 12.0 Å². The Bertz CT molecular complexity index is 530. The summed E-state index contributed by atoms with van der Waals surface area (Å²) >= 11 is 7.84. The van der Waals surface area contributed by atoms with Crippen molar-refractivity contribution in [1.29, 1.82) is 0 Å². The maximum atomic E-state index is 12.1. The quantitative estimate of drug-likeness (QED) is 0.854. The van der Waals surface area contributed by atoms with Gasteiger partial charge in [0.25, 0.3) is 0 Å². The third kappa shape index (κ3) is 3.46. The van der Waals surface area contributed by atoms with Gasteiger partial charge in [-0.05, 0) is 36.8 Å². The van der Waals surface area contributed by atoms with Crippen molar-refractivity contribution in [2.75, 3.05) is 23.9 Å². The third-order valence-electron chi connectivity index (χ3n) is 3.34. The van der Waals surface area contributed by atoms with Crippen molar-refractivity contribution < 1.29 is 9.59 Å². The van der Waals surface area contributed by atoms with Crippen LogP contribution < -0.4 is 5.32 Å². The van der Waals surface area contributed by atoms with Gasteiger partial charge in [0, 0.05) is 18.8 Å². The molecule has 1 aromatic rings. The lowest BCUT2D eigenvalue weighted by Gasteiger charge is -2.23. The van der Waals surface area contributed by atoms with Crippen LogP contribution in [0.3, 0.4) is 0 Å². The summed E-state index contributed by atoms with van der Waals surface area (Å²) in [6.07, 6.45) is 0.936. The first-order valence-electron chi connectivity index (χ1n) is 6.41. The minimum absolute atomic E-state index is 0.145. The Hall–Kier alpha value is -1.20. The van der Waals surface area contributed by atoms with E-state index in [0.29, 0.717) is 10.7 Å². The maximum Gasteiger partial charge on any atom is 0.313 e. The zero-order valence-corrected chi connectivity index (χ0v) is 13.1. The van der Waals surface area contributed by atoms with E-state index in [-0.39, 0.29) is 6.04 Å². The lowest BCUT2D eigenvalue weighted by atomic mass is 10.2. The molecule has 0 aromatic heterocycles. The lowest BCUT2D eigenvalue weighted by molar-refractivity contribution is -0.143. The third-order valence-corrected chi connectivity index (χ3v) is 4.80. The smallest absolute Gasteiger partial charge is 0.313 e. The summed E-state index contributed by atoms with van der Waals surface area (Å²) in [5, 5.41) is 3.01. The highest BCUT2D eigenvalue weighted by Crippen LogP contribution is 2.24. The molecule has 20 heavy (non-hydrogen) atoms. The molecular formula is C14H17ClN2O2S. The second kappa shape index (κ2) is 6.50. The van der Waals surface area contributed by atoms with E-state index in [1.165, 1.54) is 4.90 Å². The van der Waals surface area contributed by atoms with Crippen LogP contribution in [0.25, 0.3) is 0 Å². The molecule has 0 unspecified atom stereocenters. The number of anilines is 1. The van der Waals surface area contributed by atoms with E-state index in [0.717, 1.165) is 23.5 Å². The largest absolute Gasteiger partial charge is 0.334 e. The first-order valence-corrected chi connectivity index (χ1v) is 7.94. The Labute approximate surface area is 127 Å². The van der Waals surface area contributed by atoms with Gasteiger partial charge < -0.3 is 10.2 Å². The van der Waals surface area contributed by atoms with Gasteiger partial charge in [-0.1, -0.05) is 17.7 Å². The number of nitrogens with zero attached hydrogens (tertiary/aromatic N) is 1. The van der Waals surface area contributed by atoms with Crippen LogP contribution in [0, 0.1) is 6.92 Å². The number of halogens is 1. The second-order valence-corrected chi connectivity index (χ2v) is 6.43. The SMILES string of the molecule is Cc1ccc(NC(=O)C(=O)N(C)[C@H]2CCSC2)c(Cl)c1. The van der Waals surface area contributed by atoms with Crippen LogP contribution in [0.2, 0.25) is 5.02 Å². The summed E-state index contributed by atoms with van der Waals surface area (Å²) in [6.45, 7) is 1.91. The normalized spacial score (nSPS) is 17.9. The van der Waals surface area contributed by atoms with Crippen molar-refractivity contribution in [2.45, 2.75) is 19.4 Å². The molecule has 0 saturated carbocycles. The molecule has 1 atom stereocenters. The number of thioether (sulfide) groups is 1. The molecule has 0 aliphatic carbocycles. The molecule has 1 aliphatic heterocycles. The van der Waals surface area contributed by atoms with Crippen LogP contribution in [0.5, 0.6) is 0 Å². The summed E-state index contributed by atoms with van der Waals surface area (Å²) in [7, 11) is 1.68. The Morgan fingerprint density at radius 2 is 2.20 bits per heavy atom. The molecule has 1 saturated heterocycles. The van der Waals surface area contributed by atoms with E-state index in [1.807, 2.05) is 13.0 Å². The predicted octanol–water partition coefficient (Wildman–Crippen LogP) is 2.55. The molecule has 4 nitrogen and oxygen atoms in total. The second-order valence-electron chi connectivity index (χ2n) is 4.87. The number of nitrogens with one attached hydrogen (secondary N) is 1. The average Bonchev–Trinajstić information content (AvgIpc) is 2.94. The summed E-state index contributed by atoms with van der Waals surface area (Å²) in [5.41, 5.74) is 1.46. The average molecular weight is 313 g/mol. The van der Waals surface area contributed by atoms with Gasteiger partial charge in [-0.15, -0.1) is 0 Å². The van der Waals surface area contributed by atoms with Crippen molar-refractivity contribution >= 4 is 40.9 Å². The highest BCUT2D eigenvalue weighted by molar-refractivity contribution is 7.99. The number of likely N-dealkylation sites (N-methyl/N-ethyl adjacent to an activating group) is 1. The van der Waals surface area contributed by atoms with Gasteiger partial charge in [-0.3, -0.25) is 9.59 Å². The fourth-order valence-corrected chi connectivity index (χ4v) is 3.60. The molecule has 0 radical (unpaired) electrons. The zero-order chi connectivity index (χ0) is 14.7. The molecule has 6 heteroatoms. The van der Waals surface area contributed by atoms with E-state index in [2.05, 4.69) is 5.32 Å². The van der Waals surface area contributed by atoms with Crippen molar-refractivity contribution in [1.82, 2.24) is 4.90 Å². The van der Waals surface area contributed by atoms with E-state index in [9.17, 15) is 9.59 Å². The predicted molar refractivity (Wildman–Crippen MR) is 83.3 cm³/mol. The number of benzene rings is 1. The number of hydrogen-bond acceptors (Lipinski definition) is 3. The number of amides is 2. The zero-order valence-electron chi connectivity index (χ0n) is 11.5. The Morgan fingerprint density at radius 1 is 1.45 bits per heavy atom. The molecule has 1 heterocycles. The molecule has 108 valence electrons. The number of aryl methyl sites for hydroxylation is 1. The maximum absolute atomic E-state index is 12.1. The minimum atomic E-state index is -0.643. The Balaban J connectivity index is 2.01. The standard InChI is InChI=1S/C14H17ClN2O2S/c1-9-3-4-12(11(15)7-9)16-13(18)14(19)17(2)10-5-6-20-8-10/h3-4,7,10H,5-6,8H2,1-2H3,(H,16,18)/t10-/m0/s1. The Kier molecular flexibility index (Phi) is 4.94. The first kappa shape index (κ1) is 15.2. The number of hydrogen-bond donors (Lipinski definition) is 1. The van der Waals surface area contributed by atoms with Crippen LogP contribution in [0.15, 0.2) is 18.2 Å². The van der Waals surface area contributed by atoms with Crippen molar-refractivity contribution in [3.8, 4) is 0 Å². The fourth-order valence-electron chi connectivity index (χ4n) is 2.05. The van der Waals surface area contributed by atoms with Crippen LogP contribution in [0.4, 0.5) is 5.69 Å². The van der Waals surface area contributed by atoms with Gasteiger partial charge >= 0.3 is 11.8 Å². The van der Waals surface area contributed by atoms with E-state index in [4.69, 9.17) is 11.6 Å².